The molecule has 9 heteroatoms. The Hall–Kier alpha value is -1.90. The number of pyridine rings is 2. The average molecular weight is 390 g/mol. The van der Waals surface area contributed by atoms with E-state index in [1.165, 1.54) is 18.3 Å². The van der Waals surface area contributed by atoms with Gasteiger partial charge in [0.05, 0.1) is 5.69 Å². The number of halogens is 4. The smallest absolute Gasteiger partial charge is 0.396 e. The van der Waals surface area contributed by atoms with Gasteiger partial charge in [-0.15, -0.1) is 0 Å². The largest absolute Gasteiger partial charge is 0.421 e. The summed E-state index contributed by atoms with van der Waals surface area (Å²) in [7, 11) is 0. The molecule has 0 saturated heterocycles. The van der Waals surface area contributed by atoms with Crippen LogP contribution in [-0.4, -0.2) is 39.0 Å². The van der Waals surface area contributed by atoms with Crippen molar-refractivity contribution in [1.29, 1.82) is 0 Å². The second-order valence-corrected chi connectivity index (χ2v) is 6.50. The van der Waals surface area contributed by atoms with E-state index in [9.17, 15) is 18.3 Å². The molecule has 0 aliphatic rings. The van der Waals surface area contributed by atoms with Crippen molar-refractivity contribution in [3.63, 3.8) is 0 Å². The zero-order valence-corrected chi connectivity index (χ0v) is 14.9. The third kappa shape index (κ3) is 4.44. The van der Waals surface area contributed by atoms with Crippen molar-refractivity contribution >= 4 is 17.3 Å². The van der Waals surface area contributed by atoms with Crippen molar-refractivity contribution in [3.05, 3.63) is 41.3 Å². The van der Waals surface area contributed by atoms with Crippen molar-refractivity contribution in [1.82, 2.24) is 9.97 Å². The maximum Gasteiger partial charge on any atom is 0.421 e. The molecule has 0 bridgehead atoms. The maximum atomic E-state index is 12.9. The maximum absolute atomic E-state index is 12.9. The molecule has 2 atom stereocenters. The molecular formula is C17H19ClF3N3O2. The molecule has 0 aliphatic heterocycles. The van der Waals surface area contributed by atoms with Crippen LogP contribution in [0.25, 0.3) is 11.3 Å². The summed E-state index contributed by atoms with van der Waals surface area (Å²) in [6, 6.07) is 4.06. The van der Waals surface area contributed by atoms with E-state index in [0.717, 1.165) is 6.20 Å². The second kappa shape index (κ2) is 7.77. The van der Waals surface area contributed by atoms with Gasteiger partial charge in [0.2, 0.25) is 0 Å². The molecule has 2 rings (SSSR count). The average Bonchev–Trinajstić information content (AvgIpc) is 2.54. The normalized spacial score (nSPS) is 15.4. The molecule has 0 radical (unpaired) electrons. The molecule has 0 fully saturated rings. The fourth-order valence-corrected chi connectivity index (χ4v) is 2.45. The highest BCUT2D eigenvalue weighted by Gasteiger charge is 2.51. The molecule has 0 aromatic carbocycles. The van der Waals surface area contributed by atoms with Crippen LogP contribution in [0.2, 0.25) is 5.15 Å². The van der Waals surface area contributed by atoms with Gasteiger partial charge in [0, 0.05) is 41.9 Å². The van der Waals surface area contributed by atoms with E-state index in [0.29, 0.717) is 30.3 Å². The molecule has 142 valence electrons. The van der Waals surface area contributed by atoms with Crippen LogP contribution in [-0.2, 0) is 5.60 Å². The lowest BCUT2D eigenvalue weighted by molar-refractivity contribution is -0.259. The van der Waals surface area contributed by atoms with E-state index < -0.39 is 11.8 Å². The monoisotopic (exact) mass is 389 g/mol. The minimum atomic E-state index is -4.82. The Bertz CT molecular complexity index is 752. The minimum absolute atomic E-state index is 0.00177. The number of nitrogens with zero attached hydrogens (tertiary/aromatic N) is 2. The Morgan fingerprint density at radius 3 is 2.46 bits per heavy atom. The highest BCUT2D eigenvalue weighted by molar-refractivity contribution is 6.29. The lowest BCUT2D eigenvalue weighted by atomic mass is 9.96. The Labute approximate surface area is 153 Å². The first-order chi connectivity index (χ1) is 12.1. The standard InChI is InChI=1S/C17H19ClF3N3O2/c1-10(5-6-25)24-14-7-15(18)23-9-12(14)13-4-3-11(8-22-13)16(2,26)17(19,20)21/h3-4,7-10,25-26H,5-6H2,1-2H3,(H,23,24)/t10-,16?/m0/s1. The summed E-state index contributed by atoms with van der Waals surface area (Å²) in [6.07, 6.45) is -1.87. The van der Waals surface area contributed by atoms with Crippen molar-refractivity contribution in [2.45, 2.75) is 38.1 Å². The Kier molecular flexibility index (Phi) is 6.10. The van der Waals surface area contributed by atoms with Gasteiger partial charge in [0.25, 0.3) is 0 Å². The van der Waals surface area contributed by atoms with E-state index in [1.807, 2.05) is 6.92 Å². The summed E-state index contributed by atoms with van der Waals surface area (Å²) >= 11 is 5.92. The first-order valence-corrected chi connectivity index (χ1v) is 8.23. The highest BCUT2D eigenvalue weighted by Crippen LogP contribution is 2.38. The fraction of sp³-hybridized carbons (Fsp3) is 0.412. The predicted molar refractivity (Wildman–Crippen MR) is 92.9 cm³/mol. The third-order valence-electron chi connectivity index (χ3n) is 3.99. The van der Waals surface area contributed by atoms with Crippen LogP contribution in [0, 0.1) is 0 Å². The summed E-state index contributed by atoms with van der Waals surface area (Å²) in [4.78, 5) is 8.03. The Balaban J connectivity index is 2.37. The van der Waals surface area contributed by atoms with E-state index in [1.54, 1.807) is 6.07 Å². The van der Waals surface area contributed by atoms with Gasteiger partial charge in [-0.25, -0.2) is 4.98 Å². The molecule has 0 spiro atoms. The first kappa shape index (κ1) is 20.4. The van der Waals surface area contributed by atoms with Crippen LogP contribution in [0.4, 0.5) is 18.9 Å². The Morgan fingerprint density at radius 2 is 1.92 bits per heavy atom. The van der Waals surface area contributed by atoms with E-state index in [-0.39, 0.29) is 23.4 Å². The van der Waals surface area contributed by atoms with Crippen LogP contribution in [0.3, 0.4) is 0 Å². The summed E-state index contributed by atoms with van der Waals surface area (Å²) in [6.45, 7) is 2.55. The number of aromatic nitrogens is 2. The Morgan fingerprint density at radius 1 is 1.23 bits per heavy atom. The van der Waals surface area contributed by atoms with Crippen molar-refractivity contribution in [2.24, 2.45) is 0 Å². The van der Waals surface area contributed by atoms with E-state index in [2.05, 4.69) is 15.3 Å². The number of hydrogen-bond acceptors (Lipinski definition) is 5. The topological polar surface area (TPSA) is 78.3 Å². The summed E-state index contributed by atoms with van der Waals surface area (Å²) in [5, 5.41) is 22.1. The van der Waals surface area contributed by atoms with Gasteiger partial charge in [0.1, 0.15) is 5.15 Å². The lowest BCUT2D eigenvalue weighted by Gasteiger charge is -2.26. The second-order valence-electron chi connectivity index (χ2n) is 6.11. The third-order valence-corrected chi connectivity index (χ3v) is 4.19. The van der Waals surface area contributed by atoms with Gasteiger partial charge in [-0.1, -0.05) is 17.7 Å². The zero-order valence-electron chi connectivity index (χ0n) is 14.2. The van der Waals surface area contributed by atoms with Crippen LogP contribution in [0.1, 0.15) is 25.8 Å². The molecule has 1 unspecified atom stereocenters. The summed E-state index contributed by atoms with van der Waals surface area (Å²) in [5.74, 6) is 0. The number of rotatable bonds is 6. The molecule has 0 aliphatic carbocycles. The van der Waals surface area contributed by atoms with Gasteiger partial charge in [-0.05, 0) is 32.4 Å². The molecule has 3 N–H and O–H groups in total. The quantitative estimate of drug-likeness (QED) is 0.656. The number of anilines is 1. The molecule has 2 aromatic rings. The number of hydrogen-bond donors (Lipinski definition) is 3. The number of aliphatic hydroxyl groups excluding tert-OH is 1. The van der Waals surface area contributed by atoms with Crippen molar-refractivity contribution in [2.75, 3.05) is 11.9 Å². The molecule has 0 amide bonds. The molecule has 2 heterocycles. The molecule has 26 heavy (non-hydrogen) atoms. The van der Waals surface area contributed by atoms with Gasteiger partial charge in [0.15, 0.2) is 5.60 Å². The predicted octanol–water partition coefficient (Wildman–Crippen LogP) is 3.75. The number of alkyl halides is 3. The van der Waals surface area contributed by atoms with E-state index in [4.69, 9.17) is 16.7 Å². The molecule has 2 aromatic heterocycles. The van der Waals surface area contributed by atoms with Crippen molar-refractivity contribution in [3.8, 4) is 11.3 Å². The van der Waals surface area contributed by atoms with Crippen LogP contribution >= 0.6 is 11.6 Å². The lowest BCUT2D eigenvalue weighted by Crippen LogP contribution is -2.39. The van der Waals surface area contributed by atoms with Crippen LogP contribution < -0.4 is 5.32 Å². The molecule has 5 nitrogen and oxygen atoms in total. The van der Waals surface area contributed by atoms with Gasteiger partial charge < -0.3 is 15.5 Å². The minimum Gasteiger partial charge on any atom is -0.396 e. The molecular weight excluding hydrogens is 371 g/mol. The highest BCUT2D eigenvalue weighted by atomic mass is 35.5. The number of aliphatic hydroxyl groups is 2. The first-order valence-electron chi connectivity index (χ1n) is 7.85. The zero-order chi connectivity index (χ0) is 19.5. The van der Waals surface area contributed by atoms with Gasteiger partial charge >= 0.3 is 6.18 Å². The van der Waals surface area contributed by atoms with Crippen molar-refractivity contribution < 1.29 is 23.4 Å². The van der Waals surface area contributed by atoms with Gasteiger partial charge in [-0.2, -0.15) is 13.2 Å². The van der Waals surface area contributed by atoms with Gasteiger partial charge in [-0.3, -0.25) is 4.98 Å². The van der Waals surface area contributed by atoms with Crippen LogP contribution in [0.5, 0.6) is 0 Å². The molecule has 0 saturated carbocycles. The SMILES string of the molecule is C[C@@H](CCO)Nc1cc(Cl)ncc1-c1ccc(C(C)(O)C(F)(F)F)cn1. The summed E-state index contributed by atoms with van der Waals surface area (Å²) < 4.78 is 38.8. The fourth-order valence-electron chi connectivity index (χ4n) is 2.29. The number of nitrogens with one attached hydrogen (secondary N) is 1. The van der Waals surface area contributed by atoms with E-state index >= 15 is 0 Å². The van der Waals surface area contributed by atoms with Crippen LogP contribution in [0.15, 0.2) is 30.6 Å². The summed E-state index contributed by atoms with van der Waals surface area (Å²) in [5.41, 5.74) is -1.85.